The fourth-order valence-corrected chi connectivity index (χ4v) is 3.07. The van der Waals surface area contributed by atoms with Gasteiger partial charge in [0.25, 0.3) is 5.91 Å². The van der Waals surface area contributed by atoms with Crippen LogP contribution in [0.5, 0.6) is 0 Å². The zero-order chi connectivity index (χ0) is 19.2. The van der Waals surface area contributed by atoms with Gasteiger partial charge in [0.15, 0.2) is 6.10 Å². The number of amides is 1. The van der Waals surface area contributed by atoms with Crippen molar-refractivity contribution < 1.29 is 18.7 Å². The molecule has 7 nitrogen and oxygen atoms in total. The van der Waals surface area contributed by atoms with Crippen molar-refractivity contribution in [3.8, 4) is 11.5 Å². The van der Waals surface area contributed by atoms with Crippen LogP contribution in [0.25, 0.3) is 11.5 Å². The molecule has 1 heterocycles. The number of hydrogen-bond donors (Lipinski definition) is 1. The van der Waals surface area contributed by atoms with Crippen LogP contribution in [0.3, 0.4) is 0 Å². The van der Waals surface area contributed by atoms with E-state index in [-0.39, 0.29) is 24.8 Å². The van der Waals surface area contributed by atoms with Crippen molar-refractivity contribution in [1.82, 2.24) is 15.5 Å². The van der Waals surface area contributed by atoms with Gasteiger partial charge in [-0.3, -0.25) is 9.59 Å². The van der Waals surface area contributed by atoms with E-state index in [2.05, 4.69) is 15.5 Å². The monoisotopic (exact) mass is 371 g/mol. The molecule has 144 valence electrons. The number of esters is 1. The fourth-order valence-electron chi connectivity index (χ4n) is 3.07. The molecule has 0 unspecified atom stereocenters. The van der Waals surface area contributed by atoms with Gasteiger partial charge < -0.3 is 14.5 Å². The van der Waals surface area contributed by atoms with Crippen molar-refractivity contribution in [2.45, 2.75) is 64.5 Å². The van der Waals surface area contributed by atoms with Crippen LogP contribution >= 0.6 is 0 Å². The van der Waals surface area contributed by atoms with E-state index >= 15 is 0 Å². The third-order valence-electron chi connectivity index (χ3n) is 4.69. The first-order valence-corrected chi connectivity index (χ1v) is 9.40. The summed E-state index contributed by atoms with van der Waals surface area (Å²) >= 11 is 0. The molecule has 1 amide bonds. The van der Waals surface area contributed by atoms with Crippen molar-refractivity contribution >= 4 is 11.9 Å². The van der Waals surface area contributed by atoms with E-state index < -0.39 is 12.1 Å². The summed E-state index contributed by atoms with van der Waals surface area (Å²) in [5.41, 5.74) is 1.98. The Morgan fingerprint density at radius 1 is 1.22 bits per heavy atom. The summed E-state index contributed by atoms with van der Waals surface area (Å²) < 4.78 is 10.8. The molecule has 1 saturated carbocycles. The first kappa shape index (κ1) is 19.1. The molecule has 3 rings (SSSR count). The van der Waals surface area contributed by atoms with E-state index in [1.54, 1.807) is 6.92 Å². The third kappa shape index (κ3) is 5.39. The van der Waals surface area contributed by atoms with E-state index in [1.807, 2.05) is 31.2 Å². The first-order chi connectivity index (χ1) is 13.0. The smallest absolute Gasteiger partial charge is 0.307 e. The Bertz CT molecular complexity index is 779. The van der Waals surface area contributed by atoms with E-state index in [0.717, 1.165) is 36.8 Å². The zero-order valence-corrected chi connectivity index (χ0v) is 15.7. The minimum atomic E-state index is -0.802. The maximum atomic E-state index is 12.1. The molecule has 1 N–H and O–H groups in total. The van der Waals surface area contributed by atoms with E-state index in [1.165, 1.54) is 0 Å². The molecule has 0 spiro atoms. The first-order valence-electron chi connectivity index (χ1n) is 9.40. The highest BCUT2D eigenvalue weighted by molar-refractivity contribution is 5.83. The minimum Gasteiger partial charge on any atom is -0.453 e. The van der Waals surface area contributed by atoms with Crippen LogP contribution in [-0.4, -0.2) is 34.2 Å². The average molecular weight is 371 g/mol. The number of carbonyl (C=O) groups is 2. The Balaban J connectivity index is 1.44. The standard InChI is InChI=1S/C20H25N3O4/c1-13-7-9-15(10-8-13)20-23-22-17(27-20)11-12-18(24)26-14(2)19(25)21-16-5-3-4-6-16/h7-10,14,16H,3-6,11-12H2,1-2H3,(H,21,25)/t14-/m1/s1. The number of ether oxygens (including phenoxy) is 1. The normalized spacial score (nSPS) is 15.5. The van der Waals surface area contributed by atoms with Crippen LogP contribution in [-0.2, 0) is 20.7 Å². The topological polar surface area (TPSA) is 94.3 Å². The van der Waals surface area contributed by atoms with Gasteiger partial charge in [0.05, 0.1) is 6.42 Å². The van der Waals surface area contributed by atoms with Gasteiger partial charge in [-0.05, 0) is 38.8 Å². The number of aryl methyl sites for hydroxylation is 2. The minimum absolute atomic E-state index is 0.0799. The van der Waals surface area contributed by atoms with Gasteiger partial charge in [-0.15, -0.1) is 10.2 Å². The summed E-state index contributed by atoms with van der Waals surface area (Å²) in [7, 11) is 0. The molecule has 0 radical (unpaired) electrons. The van der Waals surface area contributed by atoms with Crippen LogP contribution < -0.4 is 5.32 Å². The number of benzene rings is 1. The Kier molecular flexibility index (Phi) is 6.21. The largest absolute Gasteiger partial charge is 0.453 e. The van der Waals surface area contributed by atoms with Gasteiger partial charge in [-0.2, -0.15) is 0 Å². The van der Waals surface area contributed by atoms with Crippen LogP contribution in [0.1, 0.15) is 50.5 Å². The predicted molar refractivity (Wildman–Crippen MR) is 98.7 cm³/mol. The van der Waals surface area contributed by atoms with Crippen LogP contribution in [0.4, 0.5) is 0 Å². The molecule has 0 aliphatic heterocycles. The van der Waals surface area contributed by atoms with Gasteiger partial charge in [-0.25, -0.2) is 0 Å². The van der Waals surface area contributed by atoms with Crippen molar-refractivity contribution in [2.75, 3.05) is 0 Å². The number of hydrogen-bond acceptors (Lipinski definition) is 6. The lowest BCUT2D eigenvalue weighted by Crippen LogP contribution is -2.40. The summed E-state index contributed by atoms with van der Waals surface area (Å²) in [6.45, 7) is 3.59. The molecular formula is C20H25N3O4. The average Bonchev–Trinajstić information content (AvgIpc) is 3.32. The fraction of sp³-hybridized carbons (Fsp3) is 0.500. The van der Waals surface area contributed by atoms with Gasteiger partial charge in [-0.1, -0.05) is 30.5 Å². The maximum Gasteiger partial charge on any atom is 0.307 e. The number of rotatable bonds is 7. The van der Waals surface area contributed by atoms with Crippen molar-refractivity contribution in [2.24, 2.45) is 0 Å². The molecule has 1 aliphatic rings. The van der Waals surface area contributed by atoms with E-state index in [0.29, 0.717) is 11.8 Å². The van der Waals surface area contributed by atoms with Gasteiger partial charge in [0, 0.05) is 18.0 Å². The highest BCUT2D eigenvalue weighted by atomic mass is 16.5. The van der Waals surface area contributed by atoms with Crippen LogP contribution in [0.15, 0.2) is 28.7 Å². The van der Waals surface area contributed by atoms with Crippen molar-refractivity contribution in [3.05, 3.63) is 35.7 Å². The van der Waals surface area contributed by atoms with Crippen LogP contribution in [0, 0.1) is 6.92 Å². The molecule has 0 saturated heterocycles. The Labute approximate surface area is 158 Å². The second-order valence-electron chi connectivity index (χ2n) is 6.99. The molecule has 1 aliphatic carbocycles. The number of aromatic nitrogens is 2. The number of nitrogens with one attached hydrogen (secondary N) is 1. The summed E-state index contributed by atoms with van der Waals surface area (Å²) in [5.74, 6) is 0.0853. The van der Waals surface area contributed by atoms with Gasteiger partial charge in [0.1, 0.15) is 0 Å². The molecule has 1 aromatic carbocycles. The molecule has 1 fully saturated rings. The number of carbonyl (C=O) groups excluding carboxylic acids is 2. The maximum absolute atomic E-state index is 12.1. The van der Waals surface area contributed by atoms with Gasteiger partial charge in [0.2, 0.25) is 11.8 Å². The summed E-state index contributed by atoms with van der Waals surface area (Å²) in [5, 5.41) is 10.9. The van der Waals surface area contributed by atoms with E-state index in [4.69, 9.17) is 9.15 Å². The Hall–Kier alpha value is -2.70. The van der Waals surface area contributed by atoms with Crippen LogP contribution in [0.2, 0.25) is 0 Å². The molecule has 27 heavy (non-hydrogen) atoms. The lowest BCUT2D eigenvalue weighted by atomic mass is 10.1. The highest BCUT2D eigenvalue weighted by Gasteiger charge is 2.23. The quantitative estimate of drug-likeness (QED) is 0.752. The lowest BCUT2D eigenvalue weighted by Gasteiger charge is -2.16. The second kappa shape index (κ2) is 8.79. The molecule has 1 aromatic heterocycles. The molecule has 1 atom stereocenters. The molecule has 2 aromatic rings. The Morgan fingerprint density at radius 3 is 2.63 bits per heavy atom. The van der Waals surface area contributed by atoms with Gasteiger partial charge >= 0.3 is 5.97 Å². The van der Waals surface area contributed by atoms with Crippen molar-refractivity contribution in [3.63, 3.8) is 0 Å². The Morgan fingerprint density at radius 2 is 1.93 bits per heavy atom. The summed E-state index contributed by atoms with van der Waals surface area (Å²) in [6, 6.07) is 7.96. The molecule has 0 bridgehead atoms. The molecular weight excluding hydrogens is 346 g/mol. The second-order valence-corrected chi connectivity index (χ2v) is 6.99. The highest BCUT2D eigenvalue weighted by Crippen LogP contribution is 2.19. The molecule has 7 heteroatoms. The lowest BCUT2D eigenvalue weighted by molar-refractivity contribution is -0.155. The summed E-state index contributed by atoms with van der Waals surface area (Å²) in [4.78, 5) is 24.1. The number of nitrogens with zero attached hydrogens (tertiary/aromatic N) is 2. The van der Waals surface area contributed by atoms with E-state index in [9.17, 15) is 9.59 Å². The van der Waals surface area contributed by atoms with Crippen molar-refractivity contribution in [1.29, 1.82) is 0 Å². The SMILES string of the molecule is Cc1ccc(-c2nnc(CCC(=O)O[C@H](C)C(=O)NC3CCCC3)o2)cc1. The zero-order valence-electron chi connectivity index (χ0n) is 15.7. The third-order valence-corrected chi connectivity index (χ3v) is 4.69. The summed E-state index contributed by atoms with van der Waals surface area (Å²) in [6.07, 6.45) is 3.80. The predicted octanol–water partition coefficient (Wildman–Crippen LogP) is 2.97.